The quantitative estimate of drug-likeness (QED) is 0.307. The minimum atomic E-state index is -0.498. The lowest BCUT2D eigenvalue weighted by Crippen LogP contribution is -2.15. The first-order valence-corrected chi connectivity index (χ1v) is 11.7. The summed E-state index contributed by atoms with van der Waals surface area (Å²) in [7, 11) is 0. The predicted molar refractivity (Wildman–Crippen MR) is 127 cm³/mol. The number of halogens is 2. The van der Waals surface area contributed by atoms with Crippen LogP contribution in [0.2, 0.25) is 0 Å². The third-order valence-electron chi connectivity index (χ3n) is 4.75. The summed E-state index contributed by atoms with van der Waals surface area (Å²) in [6.45, 7) is 2.87. The smallest absolute Gasteiger partial charge is 0.234 e. The van der Waals surface area contributed by atoms with Crippen molar-refractivity contribution in [3.05, 3.63) is 76.8 Å². The van der Waals surface area contributed by atoms with Gasteiger partial charge in [0.15, 0.2) is 11.0 Å². The zero-order chi connectivity index (χ0) is 22.5. The van der Waals surface area contributed by atoms with Gasteiger partial charge in [-0.3, -0.25) is 4.79 Å². The Labute approximate surface area is 197 Å². The summed E-state index contributed by atoms with van der Waals surface area (Å²) in [5.41, 5.74) is 0.139. The average Bonchev–Trinajstić information content (AvgIpc) is 3.20. The molecule has 6 nitrogen and oxygen atoms in total. The molecular formula is C23H20BrFN4O2S. The molecule has 1 amide bonds. The van der Waals surface area contributed by atoms with E-state index in [9.17, 15) is 9.18 Å². The summed E-state index contributed by atoms with van der Waals surface area (Å²) in [5, 5.41) is 13.8. The van der Waals surface area contributed by atoms with Crippen LogP contribution in [0.1, 0.15) is 12.7 Å². The summed E-state index contributed by atoms with van der Waals surface area (Å²) in [4.78, 5) is 12.3. The molecule has 0 saturated heterocycles. The van der Waals surface area contributed by atoms with Crippen LogP contribution in [0, 0.1) is 5.82 Å². The van der Waals surface area contributed by atoms with Gasteiger partial charge in [0.2, 0.25) is 5.91 Å². The molecule has 4 rings (SSSR count). The number of rotatable bonds is 8. The first-order chi connectivity index (χ1) is 15.5. The Bertz CT molecular complexity index is 1260. The van der Waals surface area contributed by atoms with E-state index >= 15 is 0 Å². The van der Waals surface area contributed by atoms with Crippen LogP contribution >= 0.6 is 27.7 Å². The highest BCUT2D eigenvalue weighted by atomic mass is 79.9. The Kier molecular flexibility index (Phi) is 7.06. The molecule has 4 aromatic rings. The van der Waals surface area contributed by atoms with E-state index in [1.54, 1.807) is 6.07 Å². The van der Waals surface area contributed by atoms with Gasteiger partial charge in [-0.25, -0.2) is 4.39 Å². The van der Waals surface area contributed by atoms with Crippen molar-refractivity contribution >= 4 is 50.1 Å². The van der Waals surface area contributed by atoms with Crippen LogP contribution in [0.3, 0.4) is 0 Å². The molecule has 0 saturated carbocycles. The number of fused-ring (bicyclic) bond motifs is 1. The van der Waals surface area contributed by atoms with E-state index in [0.717, 1.165) is 16.5 Å². The fraction of sp³-hybridized carbons (Fsp3) is 0.174. The van der Waals surface area contributed by atoms with Gasteiger partial charge in [0.25, 0.3) is 0 Å². The first kappa shape index (κ1) is 22.3. The number of benzene rings is 3. The number of nitrogens with one attached hydrogen (secondary N) is 1. The van der Waals surface area contributed by atoms with E-state index in [4.69, 9.17) is 4.74 Å². The molecule has 0 radical (unpaired) electrons. The van der Waals surface area contributed by atoms with Gasteiger partial charge >= 0.3 is 0 Å². The van der Waals surface area contributed by atoms with E-state index in [0.29, 0.717) is 22.0 Å². The number of anilines is 1. The molecule has 0 unspecified atom stereocenters. The summed E-state index contributed by atoms with van der Waals surface area (Å²) in [6.07, 6.45) is 0. The number of carbonyl (C=O) groups excluding carboxylic acids is 1. The van der Waals surface area contributed by atoms with Crippen LogP contribution in [0.25, 0.3) is 10.8 Å². The zero-order valence-electron chi connectivity index (χ0n) is 17.2. The Morgan fingerprint density at radius 1 is 1.16 bits per heavy atom. The molecular weight excluding hydrogens is 495 g/mol. The van der Waals surface area contributed by atoms with Gasteiger partial charge in [0, 0.05) is 16.4 Å². The van der Waals surface area contributed by atoms with Gasteiger partial charge in [0.1, 0.15) is 18.2 Å². The second-order valence-electron chi connectivity index (χ2n) is 6.87. The van der Waals surface area contributed by atoms with Crippen LogP contribution in [0.4, 0.5) is 10.1 Å². The number of carbonyl (C=O) groups is 1. The van der Waals surface area contributed by atoms with Crippen LogP contribution in [0.15, 0.2) is 70.3 Å². The molecule has 0 aliphatic heterocycles. The van der Waals surface area contributed by atoms with Crippen LogP contribution in [-0.4, -0.2) is 26.4 Å². The van der Waals surface area contributed by atoms with Gasteiger partial charge in [-0.1, -0.05) is 64.1 Å². The molecule has 3 aromatic carbocycles. The normalized spacial score (nSPS) is 11.0. The lowest BCUT2D eigenvalue weighted by atomic mass is 10.1. The van der Waals surface area contributed by atoms with Gasteiger partial charge in [-0.15, -0.1) is 10.2 Å². The molecule has 1 aromatic heterocycles. The van der Waals surface area contributed by atoms with Crippen molar-refractivity contribution in [1.82, 2.24) is 14.8 Å². The minimum Gasteiger partial charge on any atom is -0.485 e. The van der Waals surface area contributed by atoms with E-state index in [1.807, 2.05) is 54.0 Å². The van der Waals surface area contributed by atoms with Crippen molar-refractivity contribution in [3.8, 4) is 5.75 Å². The van der Waals surface area contributed by atoms with Gasteiger partial charge in [0.05, 0.1) is 11.4 Å². The van der Waals surface area contributed by atoms with Crippen molar-refractivity contribution in [2.24, 2.45) is 0 Å². The molecule has 1 heterocycles. The largest absolute Gasteiger partial charge is 0.485 e. The fourth-order valence-corrected chi connectivity index (χ4v) is 4.38. The third kappa shape index (κ3) is 5.11. The summed E-state index contributed by atoms with van der Waals surface area (Å²) < 4.78 is 22.5. The van der Waals surface area contributed by atoms with Crippen LogP contribution < -0.4 is 10.1 Å². The van der Waals surface area contributed by atoms with E-state index in [1.165, 1.54) is 23.9 Å². The monoisotopic (exact) mass is 514 g/mol. The highest BCUT2D eigenvalue weighted by Crippen LogP contribution is 2.26. The molecule has 0 atom stereocenters. The van der Waals surface area contributed by atoms with E-state index in [2.05, 4.69) is 31.4 Å². The second kappa shape index (κ2) is 10.1. The maximum absolute atomic E-state index is 13.9. The number of amides is 1. The number of ether oxygens (including phenoxy) is 1. The lowest BCUT2D eigenvalue weighted by molar-refractivity contribution is -0.113. The molecule has 0 spiro atoms. The molecule has 32 heavy (non-hydrogen) atoms. The molecule has 0 aliphatic rings. The van der Waals surface area contributed by atoms with Crippen molar-refractivity contribution < 1.29 is 13.9 Å². The Morgan fingerprint density at radius 3 is 2.78 bits per heavy atom. The molecule has 164 valence electrons. The molecule has 0 fully saturated rings. The van der Waals surface area contributed by atoms with Crippen LogP contribution in [-0.2, 0) is 17.9 Å². The van der Waals surface area contributed by atoms with Crippen molar-refractivity contribution in [2.45, 2.75) is 25.2 Å². The summed E-state index contributed by atoms with van der Waals surface area (Å²) >= 11 is 4.44. The Balaban J connectivity index is 1.40. The van der Waals surface area contributed by atoms with E-state index < -0.39 is 5.82 Å². The highest BCUT2D eigenvalue weighted by molar-refractivity contribution is 9.10. The molecule has 1 N–H and O–H groups in total. The number of hydrogen-bond acceptors (Lipinski definition) is 5. The minimum absolute atomic E-state index is 0.0812. The van der Waals surface area contributed by atoms with Crippen molar-refractivity contribution in [1.29, 1.82) is 0 Å². The number of nitrogens with zero attached hydrogens (tertiary/aromatic N) is 3. The molecule has 0 aliphatic carbocycles. The maximum Gasteiger partial charge on any atom is 0.234 e. The zero-order valence-corrected chi connectivity index (χ0v) is 19.6. The molecule has 0 bridgehead atoms. The maximum atomic E-state index is 13.9. The standard InChI is InChI=1S/C23H20BrFN4O2S/c1-2-29-21(13-31-20-9-5-7-15-6-3-4-8-17(15)20)27-28-23(29)32-14-22(30)26-19-11-10-16(24)12-18(19)25/h3-12H,2,13-14H2,1H3,(H,26,30). The highest BCUT2D eigenvalue weighted by Gasteiger charge is 2.15. The van der Waals surface area contributed by atoms with Crippen molar-refractivity contribution in [3.63, 3.8) is 0 Å². The SMILES string of the molecule is CCn1c(COc2cccc3ccccc23)nnc1SCC(=O)Nc1ccc(Br)cc1F. The lowest BCUT2D eigenvalue weighted by Gasteiger charge is -2.11. The van der Waals surface area contributed by atoms with Crippen molar-refractivity contribution in [2.75, 3.05) is 11.1 Å². The number of thioether (sulfide) groups is 1. The fourth-order valence-electron chi connectivity index (χ4n) is 3.22. The predicted octanol–water partition coefficient (Wildman–Crippen LogP) is 5.66. The number of hydrogen-bond donors (Lipinski definition) is 1. The topological polar surface area (TPSA) is 69.0 Å². The Morgan fingerprint density at radius 2 is 1.97 bits per heavy atom. The summed E-state index contributed by atoms with van der Waals surface area (Å²) in [5.74, 6) is 0.705. The summed E-state index contributed by atoms with van der Waals surface area (Å²) in [6, 6.07) is 18.4. The first-order valence-electron chi connectivity index (χ1n) is 9.95. The van der Waals surface area contributed by atoms with Gasteiger partial charge in [-0.05, 0) is 36.6 Å². The average molecular weight is 515 g/mol. The van der Waals surface area contributed by atoms with Crippen LogP contribution in [0.5, 0.6) is 5.75 Å². The third-order valence-corrected chi connectivity index (χ3v) is 6.21. The van der Waals surface area contributed by atoms with E-state index in [-0.39, 0.29) is 24.0 Å². The second-order valence-corrected chi connectivity index (χ2v) is 8.73. The van der Waals surface area contributed by atoms with Gasteiger partial charge < -0.3 is 14.6 Å². The number of aromatic nitrogens is 3. The Hall–Kier alpha value is -2.91. The molecule has 9 heteroatoms. The van der Waals surface area contributed by atoms with Gasteiger partial charge in [-0.2, -0.15) is 0 Å².